The second-order valence-corrected chi connectivity index (χ2v) is 5.45. The van der Waals surface area contributed by atoms with E-state index in [1.54, 1.807) is 0 Å². The van der Waals surface area contributed by atoms with Crippen molar-refractivity contribution in [3.63, 3.8) is 0 Å². The highest BCUT2D eigenvalue weighted by molar-refractivity contribution is 6.32. The van der Waals surface area contributed by atoms with Crippen LogP contribution in [0.4, 0.5) is 0 Å². The van der Waals surface area contributed by atoms with Gasteiger partial charge in [0.2, 0.25) is 0 Å². The van der Waals surface area contributed by atoms with Gasteiger partial charge in [0.15, 0.2) is 0 Å². The maximum atomic E-state index is 6.14. The van der Waals surface area contributed by atoms with Crippen molar-refractivity contribution in [3.05, 3.63) is 76.8 Å². The van der Waals surface area contributed by atoms with E-state index >= 15 is 0 Å². The number of benzene rings is 3. The molecule has 21 heavy (non-hydrogen) atoms. The molecule has 106 valence electrons. The van der Waals surface area contributed by atoms with Crippen LogP contribution in [0.5, 0.6) is 5.75 Å². The van der Waals surface area contributed by atoms with Gasteiger partial charge in [0, 0.05) is 10.6 Å². The van der Waals surface area contributed by atoms with Crippen LogP contribution in [-0.4, -0.2) is 0 Å². The van der Waals surface area contributed by atoms with Crippen LogP contribution in [-0.2, 0) is 12.5 Å². The van der Waals surface area contributed by atoms with Crippen molar-refractivity contribution in [1.29, 1.82) is 0 Å². The molecular formula is C18H14Cl2O. The Bertz CT molecular complexity index is 763. The topological polar surface area (TPSA) is 9.23 Å². The predicted molar refractivity (Wildman–Crippen MR) is 89.3 cm³/mol. The van der Waals surface area contributed by atoms with E-state index in [1.807, 2.05) is 36.4 Å². The summed E-state index contributed by atoms with van der Waals surface area (Å²) in [6.45, 7) is 0.492. The Morgan fingerprint density at radius 1 is 0.857 bits per heavy atom. The van der Waals surface area contributed by atoms with Gasteiger partial charge >= 0.3 is 0 Å². The van der Waals surface area contributed by atoms with Crippen molar-refractivity contribution in [2.24, 2.45) is 0 Å². The Hall–Kier alpha value is -1.70. The maximum absolute atomic E-state index is 6.14. The van der Waals surface area contributed by atoms with Crippen LogP contribution in [0.3, 0.4) is 0 Å². The molecule has 0 radical (unpaired) electrons. The van der Waals surface area contributed by atoms with E-state index in [2.05, 4.69) is 24.3 Å². The van der Waals surface area contributed by atoms with Crippen molar-refractivity contribution in [1.82, 2.24) is 0 Å². The van der Waals surface area contributed by atoms with Gasteiger partial charge in [-0.2, -0.15) is 0 Å². The zero-order valence-corrected chi connectivity index (χ0v) is 12.9. The molecule has 0 N–H and O–H groups in total. The van der Waals surface area contributed by atoms with E-state index in [4.69, 9.17) is 27.9 Å². The number of ether oxygens (including phenoxy) is 1. The van der Waals surface area contributed by atoms with Gasteiger partial charge in [-0.15, -0.1) is 11.6 Å². The summed E-state index contributed by atoms with van der Waals surface area (Å²) in [5.74, 6) is 1.08. The highest BCUT2D eigenvalue weighted by Gasteiger charge is 2.08. The Kier molecular flexibility index (Phi) is 4.33. The summed E-state index contributed by atoms with van der Waals surface area (Å²) in [4.78, 5) is 0. The highest BCUT2D eigenvalue weighted by Crippen LogP contribution is 2.29. The minimum Gasteiger partial charge on any atom is -0.489 e. The van der Waals surface area contributed by atoms with Crippen LogP contribution in [0.25, 0.3) is 10.8 Å². The van der Waals surface area contributed by atoms with E-state index in [9.17, 15) is 0 Å². The summed E-state index contributed by atoms with van der Waals surface area (Å²) in [7, 11) is 0. The third-order valence-electron chi connectivity index (χ3n) is 3.47. The number of hydrogen-bond acceptors (Lipinski definition) is 1. The first-order valence-corrected chi connectivity index (χ1v) is 7.63. The van der Waals surface area contributed by atoms with Crippen molar-refractivity contribution >= 4 is 34.0 Å². The minimum absolute atomic E-state index is 0.338. The lowest BCUT2D eigenvalue weighted by atomic mass is 10.1. The first kappa shape index (κ1) is 14.2. The average Bonchev–Trinajstić information content (AvgIpc) is 2.53. The zero-order valence-electron chi connectivity index (χ0n) is 11.4. The second kappa shape index (κ2) is 6.38. The monoisotopic (exact) mass is 316 g/mol. The molecule has 0 atom stereocenters. The second-order valence-electron chi connectivity index (χ2n) is 4.78. The van der Waals surface area contributed by atoms with E-state index in [0.717, 1.165) is 16.9 Å². The summed E-state index contributed by atoms with van der Waals surface area (Å²) in [6.07, 6.45) is 0. The number of halogens is 2. The fourth-order valence-corrected chi connectivity index (χ4v) is 2.95. The summed E-state index contributed by atoms with van der Waals surface area (Å²) in [5, 5.41) is 3.05. The van der Waals surface area contributed by atoms with Crippen LogP contribution in [0.2, 0.25) is 5.02 Å². The van der Waals surface area contributed by atoms with Crippen LogP contribution < -0.4 is 4.74 Å². The molecule has 1 nitrogen and oxygen atoms in total. The molecule has 0 amide bonds. The quantitative estimate of drug-likeness (QED) is 0.552. The first-order chi connectivity index (χ1) is 10.3. The van der Waals surface area contributed by atoms with Gasteiger partial charge in [-0.1, -0.05) is 60.1 Å². The standard InChI is InChI=1S/C18H14Cl2O/c19-11-16-17(20)9-4-10-18(16)21-12-14-7-3-6-13-5-1-2-8-15(13)14/h1-10H,11-12H2. The average molecular weight is 317 g/mol. The van der Waals surface area contributed by atoms with E-state index < -0.39 is 0 Å². The van der Waals surface area contributed by atoms with Crippen molar-refractivity contribution in [3.8, 4) is 5.75 Å². The van der Waals surface area contributed by atoms with Crippen LogP contribution in [0.1, 0.15) is 11.1 Å². The van der Waals surface area contributed by atoms with E-state index in [1.165, 1.54) is 10.8 Å². The third kappa shape index (κ3) is 2.99. The third-order valence-corrected chi connectivity index (χ3v) is 4.09. The van der Waals surface area contributed by atoms with Gasteiger partial charge < -0.3 is 4.74 Å². The summed E-state index contributed by atoms with van der Waals surface area (Å²) < 4.78 is 5.93. The number of rotatable bonds is 4. The van der Waals surface area contributed by atoms with E-state index in [0.29, 0.717) is 17.5 Å². The Labute approximate surface area is 134 Å². The smallest absolute Gasteiger partial charge is 0.125 e. The van der Waals surface area contributed by atoms with Gasteiger partial charge in [-0.3, -0.25) is 0 Å². The number of fused-ring (bicyclic) bond motifs is 1. The number of hydrogen-bond donors (Lipinski definition) is 0. The fraction of sp³-hybridized carbons (Fsp3) is 0.111. The first-order valence-electron chi connectivity index (χ1n) is 6.72. The molecule has 3 aromatic rings. The lowest BCUT2D eigenvalue weighted by Gasteiger charge is -2.12. The molecule has 0 saturated heterocycles. The van der Waals surface area contributed by atoms with Crippen LogP contribution >= 0.6 is 23.2 Å². The van der Waals surface area contributed by atoms with Crippen molar-refractivity contribution < 1.29 is 4.74 Å². The SMILES string of the molecule is ClCc1c(Cl)cccc1OCc1cccc2ccccc12. The minimum atomic E-state index is 0.338. The molecule has 0 spiro atoms. The Balaban J connectivity index is 1.89. The van der Waals surface area contributed by atoms with Gasteiger partial charge in [0.05, 0.1) is 5.88 Å². The van der Waals surface area contributed by atoms with E-state index in [-0.39, 0.29) is 0 Å². The van der Waals surface area contributed by atoms with Crippen LogP contribution in [0, 0.1) is 0 Å². The summed E-state index contributed by atoms with van der Waals surface area (Å²) in [6, 6.07) is 20.1. The van der Waals surface area contributed by atoms with Crippen molar-refractivity contribution in [2.75, 3.05) is 0 Å². The molecule has 0 heterocycles. The van der Waals surface area contributed by atoms with Crippen LogP contribution in [0.15, 0.2) is 60.7 Å². The normalized spacial score (nSPS) is 10.8. The lowest BCUT2D eigenvalue weighted by Crippen LogP contribution is -1.99. The predicted octanol–water partition coefficient (Wildman–Crippen LogP) is 5.81. The maximum Gasteiger partial charge on any atom is 0.125 e. The van der Waals surface area contributed by atoms with Crippen molar-refractivity contribution in [2.45, 2.75) is 12.5 Å². The Morgan fingerprint density at radius 3 is 2.48 bits per heavy atom. The van der Waals surface area contributed by atoms with Gasteiger partial charge in [-0.25, -0.2) is 0 Å². The van der Waals surface area contributed by atoms with Gasteiger partial charge in [0.1, 0.15) is 12.4 Å². The molecule has 0 aliphatic rings. The molecule has 0 aromatic heterocycles. The summed E-state index contributed by atoms with van der Waals surface area (Å²) >= 11 is 12.1. The lowest BCUT2D eigenvalue weighted by molar-refractivity contribution is 0.305. The largest absolute Gasteiger partial charge is 0.489 e. The molecular weight excluding hydrogens is 303 g/mol. The molecule has 3 rings (SSSR count). The molecule has 0 aliphatic carbocycles. The molecule has 3 heteroatoms. The molecule has 0 unspecified atom stereocenters. The van der Waals surface area contributed by atoms with Gasteiger partial charge in [-0.05, 0) is 28.5 Å². The number of alkyl halides is 1. The zero-order chi connectivity index (χ0) is 14.7. The molecule has 0 aliphatic heterocycles. The molecule has 3 aromatic carbocycles. The Morgan fingerprint density at radius 2 is 1.62 bits per heavy atom. The molecule has 0 saturated carbocycles. The fourth-order valence-electron chi connectivity index (χ4n) is 2.38. The summed E-state index contributed by atoms with van der Waals surface area (Å²) in [5.41, 5.74) is 1.98. The van der Waals surface area contributed by atoms with Gasteiger partial charge in [0.25, 0.3) is 0 Å². The highest BCUT2D eigenvalue weighted by atomic mass is 35.5. The molecule has 0 fully saturated rings. The molecule has 0 bridgehead atoms.